The summed E-state index contributed by atoms with van der Waals surface area (Å²) in [7, 11) is 0. The van der Waals surface area contributed by atoms with Crippen LogP contribution < -0.4 is 5.43 Å². The van der Waals surface area contributed by atoms with Gasteiger partial charge in [0.25, 0.3) is 0 Å². The van der Waals surface area contributed by atoms with Crippen LogP contribution in [0.5, 0.6) is 0 Å². The fraction of sp³-hybridized carbons (Fsp3) is 0.667. The van der Waals surface area contributed by atoms with Gasteiger partial charge in [0.05, 0.1) is 0 Å². The van der Waals surface area contributed by atoms with Gasteiger partial charge in [0, 0.05) is 5.41 Å². The molecule has 0 unspecified atom stereocenters. The Balaban J connectivity index is 2.69. The molecule has 0 saturated heterocycles. The van der Waals surface area contributed by atoms with Crippen LogP contribution in [0.1, 0.15) is 20.8 Å². The molecule has 1 rings (SSSR count). The molecule has 0 aliphatic carbocycles. The maximum Gasteiger partial charge on any atom is 0.459 e. The minimum absolute atomic E-state index is 0.227. The van der Waals surface area contributed by atoms with Gasteiger partial charge in [-0.15, -0.1) is 5.10 Å². The minimum Gasteiger partial charge on any atom is -0.390 e. The molecule has 0 spiro atoms. The molecule has 0 aromatic heterocycles. The van der Waals surface area contributed by atoms with Crippen LogP contribution in [0.3, 0.4) is 0 Å². The first kappa shape index (κ1) is 7.05. The molecule has 1 aliphatic rings. The van der Waals surface area contributed by atoms with Crippen molar-refractivity contribution in [2.24, 2.45) is 10.5 Å². The summed E-state index contributed by atoms with van der Waals surface area (Å²) in [6, 6.07) is 0. The van der Waals surface area contributed by atoms with Gasteiger partial charge in [0.1, 0.15) is 0 Å². The Bertz CT molecular complexity index is 190. The van der Waals surface area contributed by atoms with Crippen molar-refractivity contribution in [1.82, 2.24) is 5.43 Å². The summed E-state index contributed by atoms with van der Waals surface area (Å²) in [6.07, 6.45) is -0.620. The van der Waals surface area contributed by atoms with Crippen LogP contribution in [0.4, 0.5) is 4.79 Å². The van der Waals surface area contributed by atoms with Crippen molar-refractivity contribution in [2.45, 2.75) is 20.8 Å². The lowest BCUT2D eigenvalue weighted by Gasteiger charge is -2.14. The Hall–Kier alpha value is -1.06. The number of amides is 1. The Kier molecular flexibility index (Phi) is 1.39. The first-order chi connectivity index (χ1) is 4.50. The third kappa shape index (κ3) is 1.26. The first-order valence-corrected chi connectivity index (χ1v) is 3.01. The van der Waals surface area contributed by atoms with E-state index in [0.717, 1.165) is 0 Å². The van der Waals surface area contributed by atoms with Gasteiger partial charge in [-0.1, -0.05) is 26.2 Å². The van der Waals surface area contributed by atoms with E-state index in [1.165, 1.54) is 0 Å². The maximum atomic E-state index is 10.4. The Morgan fingerprint density at radius 2 is 2.00 bits per heavy atom. The number of hydrogen-bond acceptors (Lipinski definition) is 3. The van der Waals surface area contributed by atoms with Crippen molar-refractivity contribution < 1.29 is 9.53 Å². The van der Waals surface area contributed by atoms with Gasteiger partial charge < -0.3 is 4.74 Å². The summed E-state index contributed by atoms with van der Waals surface area (Å²) in [5.74, 6) is 0.387. The highest BCUT2D eigenvalue weighted by molar-refractivity contribution is 5.94. The molecule has 0 fully saturated rings. The van der Waals surface area contributed by atoms with Gasteiger partial charge in [-0.2, -0.15) is 0 Å². The summed E-state index contributed by atoms with van der Waals surface area (Å²) in [6.45, 7) is 5.71. The van der Waals surface area contributed by atoms with Gasteiger partial charge in [0.2, 0.25) is 5.90 Å². The van der Waals surface area contributed by atoms with Crippen molar-refractivity contribution in [3.63, 3.8) is 0 Å². The van der Waals surface area contributed by atoms with E-state index in [-0.39, 0.29) is 5.41 Å². The van der Waals surface area contributed by atoms with Gasteiger partial charge in [-0.25, -0.2) is 4.79 Å². The van der Waals surface area contributed by atoms with Crippen molar-refractivity contribution in [3.05, 3.63) is 0 Å². The number of cyclic esters (lactones) is 1. The molecule has 10 heavy (non-hydrogen) atoms. The van der Waals surface area contributed by atoms with E-state index in [0.29, 0.717) is 5.90 Å². The molecule has 0 bridgehead atoms. The molecular weight excluding hydrogens is 132 g/mol. The van der Waals surface area contributed by atoms with Crippen LogP contribution in [-0.4, -0.2) is 12.0 Å². The molecule has 0 saturated carbocycles. The van der Waals surface area contributed by atoms with E-state index in [9.17, 15) is 4.79 Å². The highest BCUT2D eigenvalue weighted by atomic mass is 16.6. The van der Waals surface area contributed by atoms with E-state index < -0.39 is 6.09 Å². The summed E-state index contributed by atoms with van der Waals surface area (Å²) < 4.78 is 4.67. The second kappa shape index (κ2) is 1.97. The lowest BCUT2D eigenvalue weighted by molar-refractivity contribution is 0.200. The highest BCUT2D eigenvalue weighted by Crippen LogP contribution is 2.19. The van der Waals surface area contributed by atoms with E-state index in [2.05, 4.69) is 15.3 Å². The Morgan fingerprint density at radius 3 is 2.20 bits per heavy atom. The molecule has 1 radical (unpaired) electrons. The van der Waals surface area contributed by atoms with Crippen molar-refractivity contribution >= 4 is 12.0 Å². The number of hydrogen-bond donors (Lipinski definition) is 0. The monoisotopic (exact) mass is 141 g/mol. The molecule has 55 valence electrons. The third-order valence-corrected chi connectivity index (χ3v) is 1.05. The number of nitrogens with zero attached hydrogens (tertiary/aromatic N) is 2. The standard InChI is InChI=1S/C6H9N2O2/c1-6(2,3)4-7-8-5(9)10-4/h1-3H3. The van der Waals surface area contributed by atoms with Crippen LogP contribution in [0.2, 0.25) is 0 Å². The largest absolute Gasteiger partial charge is 0.459 e. The predicted octanol–water partition coefficient (Wildman–Crippen LogP) is 1.10. The molecule has 0 N–H and O–H groups in total. The van der Waals surface area contributed by atoms with Crippen molar-refractivity contribution in [3.8, 4) is 0 Å². The smallest absolute Gasteiger partial charge is 0.390 e. The summed E-state index contributed by atoms with van der Waals surface area (Å²) in [4.78, 5) is 10.4. The normalized spacial score (nSPS) is 17.9. The first-order valence-electron chi connectivity index (χ1n) is 3.01. The maximum absolute atomic E-state index is 10.4. The molecule has 1 heterocycles. The highest BCUT2D eigenvalue weighted by Gasteiger charge is 2.29. The Labute approximate surface area is 59.2 Å². The zero-order chi connectivity index (χ0) is 7.78. The van der Waals surface area contributed by atoms with Gasteiger partial charge in [-0.3, -0.25) is 0 Å². The average Bonchev–Trinajstić information content (AvgIpc) is 2.11. The molecule has 1 aliphatic heterocycles. The van der Waals surface area contributed by atoms with E-state index in [1.54, 1.807) is 0 Å². The lowest BCUT2D eigenvalue weighted by atomic mass is 9.97. The number of rotatable bonds is 0. The van der Waals surface area contributed by atoms with Gasteiger partial charge in [-0.05, 0) is 0 Å². The lowest BCUT2D eigenvalue weighted by Crippen LogP contribution is -2.21. The fourth-order valence-corrected chi connectivity index (χ4v) is 0.513. The van der Waals surface area contributed by atoms with Crippen LogP contribution in [-0.2, 0) is 4.74 Å². The quantitative estimate of drug-likeness (QED) is 0.507. The SMILES string of the molecule is CC(C)(C)C1=N[N]C(=O)O1. The van der Waals surface area contributed by atoms with Crippen LogP contribution in [0.15, 0.2) is 5.10 Å². The summed E-state index contributed by atoms with van der Waals surface area (Å²) >= 11 is 0. The van der Waals surface area contributed by atoms with Gasteiger partial charge in [0.15, 0.2) is 0 Å². The fourth-order valence-electron chi connectivity index (χ4n) is 0.513. The van der Waals surface area contributed by atoms with Crippen molar-refractivity contribution in [1.29, 1.82) is 0 Å². The molecule has 4 nitrogen and oxygen atoms in total. The molecular formula is C6H9N2O2. The minimum atomic E-state index is -0.620. The zero-order valence-corrected chi connectivity index (χ0v) is 6.21. The van der Waals surface area contributed by atoms with Crippen LogP contribution in [0, 0.1) is 5.41 Å². The molecule has 0 aromatic rings. The third-order valence-electron chi connectivity index (χ3n) is 1.05. The van der Waals surface area contributed by atoms with Gasteiger partial charge >= 0.3 is 6.09 Å². The van der Waals surface area contributed by atoms with Crippen LogP contribution >= 0.6 is 0 Å². The zero-order valence-electron chi connectivity index (χ0n) is 6.21. The Morgan fingerprint density at radius 1 is 1.40 bits per heavy atom. The molecule has 4 heteroatoms. The summed E-state index contributed by atoms with van der Waals surface area (Å²) in [5, 5.41) is 3.56. The number of ether oxygens (including phenoxy) is 1. The topological polar surface area (TPSA) is 52.8 Å². The second-order valence-electron chi connectivity index (χ2n) is 3.12. The number of carbonyl (C=O) groups excluding carboxylic acids is 1. The molecule has 0 atom stereocenters. The van der Waals surface area contributed by atoms with Crippen LogP contribution in [0.25, 0.3) is 0 Å². The van der Waals surface area contributed by atoms with E-state index in [4.69, 9.17) is 0 Å². The molecule has 1 amide bonds. The number of carbonyl (C=O) groups is 1. The second-order valence-corrected chi connectivity index (χ2v) is 3.12. The average molecular weight is 141 g/mol. The van der Waals surface area contributed by atoms with E-state index in [1.807, 2.05) is 20.8 Å². The van der Waals surface area contributed by atoms with Crippen molar-refractivity contribution in [2.75, 3.05) is 0 Å². The summed E-state index contributed by atoms with van der Waals surface area (Å²) in [5.41, 5.74) is 2.98. The predicted molar refractivity (Wildman–Crippen MR) is 35.5 cm³/mol. The van der Waals surface area contributed by atoms with E-state index >= 15 is 0 Å². The molecule has 0 aromatic carbocycles.